The number of likely N-dealkylation sites (tertiary alicyclic amines) is 2. The van der Waals surface area contributed by atoms with Crippen LogP contribution in [0.1, 0.15) is 183 Å². The number of aromatic nitrogens is 4. The number of halogens is 3. The van der Waals surface area contributed by atoms with Gasteiger partial charge in [-0.1, -0.05) is 155 Å². The lowest BCUT2D eigenvalue weighted by Crippen LogP contribution is -2.45. The van der Waals surface area contributed by atoms with Crippen LogP contribution < -0.4 is 0 Å². The second-order valence-corrected chi connectivity index (χ2v) is 39.5. The van der Waals surface area contributed by atoms with Crippen LogP contribution in [0.15, 0.2) is 196 Å². The molecular formula is C108H133F3N10O2. The molecule has 7 atom stereocenters. The number of H-pyrrole nitrogens is 1. The van der Waals surface area contributed by atoms with Gasteiger partial charge in [-0.05, 0) is 244 Å². The number of aromatic amines is 1. The fourth-order valence-electron chi connectivity index (χ4n) is 22.3. The molecule has 0 radical (unpaired) electrons. The molecule has 11 aromatic rings. The first-order valence-corrected chi connectivity index (χ1v) is 44.7. The third kappa shape index (κ3) is 18.8. The summed E-state index contributed by atoms with van der Waals surface area (Å²) in [5.74, 6) is 0.961. The second kappa shape index (κ2) is 36.5. The Kier molecular flexibility index (Phi) is 26.6. The number of ketones is 2. The first-order chi connectivity index (χ1) is 58.5. The van der Waals surface area contributed by atoms with Crippen molar-refractivity contribution in [2.24, 2.45) is 11.3 Å². The third-order valence-electron chi connectivity index (χ3n) is 27.9. The van der Waals surface area contributed by atoms with Crippen LogP contribution in [-0.4, -0.2) is 154 Å². The molecular weight excluding hydrogens is 1530 g/mol. The zero-order chi connectivity index (χ0) is 87.9. The number of fused-ring (bicyclic) bond motifs is 12. The number of nitrogens with zero attached hydrogens (tertiary/aromatic N) is 9. The van der Waals surface area contributed by atoms with Crippen molar-refractivity contribution in [1.82, 2.24) is 48.1 Å². The molecule has 12 nitrogen and oxygen atoms in total. The smallest absolute Gasteiger partial charge is 0.141 e. The summed E-state index contributed by atoms with van der Waals surface area (Å²) < 4.78 is 47.8. The normalized spacial score (nSPS) is 24.1. The maximum atomic E-state index is 13.4. The molecule has 0 aliphatic carbocycles. The van der Waals surface area contributed by atoms with Crippen LogP contribution in [0.4, 0.5) is 13.2 Å². The summed E-state index contributed by atoms with van der Waals surface area (Å²) in [7, 11) is 13.0. The van der Waals surface area contributed by atoms with Crippen LogP contribution in [0, 0.1) is 56.5 Å². The molecule has 2 saturated heterocycles. The van der Waals surface area contributed by atoms with Gasteiger partial charge < -0.3 is 48.1 Å². The Labute approximate surface area is 730 Å². The number of likely N-dealkylation sites (N-methyl/N-ethyl adjacent to an activating group) is 4. The molecule has 7 unspecified atom stereocenters. The number of hydrogen-bond donors (Lipinski definition) is 1. The van der Waals surface area contributed by atoms with Crippen molar-refractivity contribution in [3.8, 4) is 0 Å². The minimum absolute atomic E-state index is 0.0138. The van der Waals surface area contributed by atoms with Gasteiger partial charge in [0.1, 0.15) is 29.0 Å². The largest absolute Gasteiger partial charge is 0.358 e. The molecule has 12 heterocycles. The van der Waals surface area contributed by atoms with Gasteiger partial charge in [-0.2, -0.15) is 0 Å². The summed E-state index contributed by atoms with van der Waals surface area (Å²) in [4.78, 5) is 40.3. The highest BCUT2D eigenvalue weighted by atomic mass is 19.1. The van der Waals surface area contributed by atoms with Crippen molar-refractivity contribution in [2.45, 2.75) is 194 Å². The zero-order valence-corrected chi connectivity index (χ0v) is 76.4. The molecule has 0 spiro atoms. The molecule has 648 valence electrons. The highest BCUT2D eigenvalue weighted by molar-refractivity contribution is 5.91. The molecule has 0 amide bonds. The van der Waals surface area contributed by atoms with E-state index in [2.05, 4.69) is 251 Å². The molecule has 0 saturated carbocycles. The van der Waals surface area contributed by atoms with Crippen molar-refractivity contribution >= 4 is 66.3 Å². The van der Waals surface area contributed by atoms with E-state index in [4.69, 9.17) is 0 Å². The van der Waals surface area contributed by atoms with E-state index in [1.165, 1.54) is 135 Å². The third-order valence-corrected chi connectivity index (χ3v) is 27.9. The number of allylic oxidation sites excluding steroid dienone is 6. The fourth-order valence-corrected chi connectivity index (χ4v) is 22.3. The van der Waals surface area contributed by atoms with Gasteiger partial charge in [0.2, 0.25) is 0 Å². The number of rotatable bonds is 11. The average molecular weight is 1660 g/mol. The first-order valence-electron chi connectivity index (χ1n) is 44.7. The van der Waals surface area contributed by atoms with E-state index >= 15 is 0 Å². The molecule has 7 aromatic carbocycles. The standard InChI is InChI=1S/C26H29FN2.C24H27FN2.C24H25FN2.C17H22N2.C10H17NO.C7H13NO/c1-6-13-26(4)17-28(5)16-23-22-14-18(2)7-12-24(22)29(25(23)26)15-19(3)20-8-10-21(27)11-9-20;2*1-16-4-9-22-20(12-16)21-14-26(3)15-24(2)11-10-18(13-27(22)23(21)24)17-5-7-19(25)8-6-17;1-5-8-17(3)11-19(4)10-14-13-9-12(2)6-7-15(13)18-16(14)17;1-4-6-10(2)8-11(3)7-5-9(10)12;1-6-5-8(2)4-3-7(6)9/h6-12,14H,1,3,13,15-17H2,2,4-5H3;4-9,12,18H,10-11,13-15H2,1-3H3;4-10,12H,11,13-15H2,1-3H3;5-7,9,18H,1,8,10-11H2,2-4H3;4H,1,5-8H2,2-3H3;6H,3-5H2,1-2H3. The summed E-state index contributed by atoms with van der Waals surface area (Å²) in [6.45, 7) is 52.6. The Hall–Kier alpha value is -9.71. The zero-order valence-electron chi connectivity index (χ0n) is 76.4. The van der Waals surface area contributed by atoms with Crippen LogP contribution in [0.3, 0.4) is 0 Å². The summed E-state index contributed by atoms with van der Waals surface area (Å²) >= 11 is 0. The number of piperidine rings is 2. The van der Waals surface area contributed by atoms with Gasteiger partial charge in [0.15, 0.2) is 0 Å². The van der Waals surface area contributed by atoms with Gasteiger partial charge in [-0.3, -0.25) is 9.59 Å². The van der Waals surface area contributed by atoms with Crippen LogP contribution in [-0.2, 0) is 77.1 Å². The minimum Gasteiger partial charge on any atom is -0.358 e. The maximum Gasteiger partial charge on any atom is 0.141 e. The molecule has 8 aliphatic heterocycles. The lowest BCUT2D eigenvalue weighted by atomic mass is 9.76. The molecule has 0 bridgehead atoms. The molecule has 8 aliphatic rings. The van der Waals surface area contributed by atoms with Crippen molar-refractivity contribution in [2.75, 3.05) is 94.6 Å². The van der Waals surface area contributed by atoms with E-state index < -0.39 is 0 Å². The van der Waals surface area contributed by atoms with E-state index in [1.54, 1.807) is 30.0 Å². The van der Waals surface area contributed by atoms with E-state index in [0.717, 1.165) is 147 Å². The summed E-state index contributed by atoms with van der Waals surface area (Å²) in [6.07, 6.45) is 15.8. The average Bonchev–Trinajstić information content (AvgIpc) is 1.57. The predicted octanol–water partition coefficient (Wildman–Crippen LogP) is 22.5. The Bertz CT molecular complexity index is 5810. The highest BCUT2D eigenvalue weighted by Gasteiger charge is 2.45. The van der Waals surface area contributed by atoms with Crippen molar-refractivity contribution in [3.05, 3.63) is 298 Å². The van der Waals surface area contributed by atoms with Crippen LogP contribution in [0.25, 0.3) is 54.8 Å². The maximum absolute atomic E-state index is 13.4. The second-order valence-electron chi connectivity index (χ2n) is 39.5. The Morgan fingerprint density at radius 3 is 1.52 bits per heavy atom. The molecule has 15 heteroatoms. The topological polar surface area (TPSA) is 84.2 Å². The molecule has 1 N–H and O–H groups in total. The highest BCUT2D eigenvalue weighted by Crippen LogP contribution is 2.50. The number of nitrogens with one attached hydrogen (secondary N) is 1. The molecule has 4 aromatic heterocycles. The van der Waals surface area contributed by atoms with Gasteiger partial charge in [-0.25, -0.2) is 13.2 Å². The Morgan fingerprint density at radius 2 is 0.943 bits per heavy atom. The van der Waals surface area contributed by atoms with Gasteiger partial charge in [0, 0.05) is 216 Å². The van der Waals surface area contributed by atoms with E-state index in [1.807, 2.05) is 68.5 Å². The molecule has 2 fully saturated rings. The van der Waals surface area contributed by atoms with Crippen LogP contribution >= 0.6 is 0 Å². The fraction of sp³-hybridized carbons (Fsp3) is 0.426. The van der Waals surface area contributed by atoms with E-state index in [9.17, 15) is 22.8 Å². The van der Waals surface area contributed by atoms with Gasteiger partial charge in [-0.15, -0.1) is 19.7 Å². The quantitative estimate of drug-likeness (QED) is 0.128. The Morgan fingerprint density at radius 1 is 0.480 bits per heavy atom. The monoisotopic (exact) mass is 1660 g/mol. The first kappa shape index (κ1) is 89.6. The van der Waals surface area contributed by atoms with Crippen molar-refractivity contribution in [1.29, 1.82) is 0 Å². The van der Waals surface area contributed by atoms with Crippen LogP contribution in [0.5, 0.6) is 0 Å². The van der Waals surface area contributed by atoms with Gasteiger partial charge in [0.25, 0.3) is 0 Å². The summed E-state index contributed by atoms with van der Waals surface area (Å²) in [6, 6.07) is 47.9. The van der Waals surface area contributed by atoms with Crippen LogP contribution in [0.2, 0.25) is 0 Å². The van der Waals surface area contributed by atoms with Crippen molar-refractivity contribution in [3.63, 3.8) is 0 Å². The lowest BCUT2D eigenvalue weighted by Gasteiger charge is -2.40. The van der Waals surface area contributed by atoms with Gasteiger partial charge >= 0.3 is 0 Å². The lowest BCUT2D eigenvalue weighted by molar-refractivity contribution is -0.132. The SMILES string of the molecule is C=CCC1(C)CN(C)CCC1=O.C=CCC1(C)CN(C)Cc2c1[nH]c1ccc(C)cc21.C=CCC1(C)CN(C)Cc2c1n(CC(=C)c1ccc(F)cc1)c1ccc(C)cc21.CC1CN(C)CCC1=O.Cc1ccc2c(c1)c1c3n2CC(c2ccc(F)cc2)=CCC3(C)CN(C)C1.Cc1ccc2c(c1)c1c3n2CC(c2ccc(F)cc2)CCC3(C)CN(C)C1. The van der Waals surface area contributed by atoms with E-state index in [-0.39, 0.29) is 50.4 Å². The number of Topliss-reactive ketones (excluding diaryl/α,β-unsaturated/α-hetero) is 2. The van der Waals surface area contributed by atoms with Crippen molar-refractivity contribution < 1.29 is 22.8 Å². The predicted molar refractivity (Wildman–Crippen MR) is 507 cm³/mol. The number of carbonyl (C=O) groups is 2. The minimum atomic E-state index is -0.220. The van der Waals surface area contributed by atoms with E-state index in [0.29, 0.717) is 30.4 Å². The number of aryl methyl sites for hydroxylation is 4. The molecule has 123 heavy (non-hydrogen) atoms. The van der Waals surface area contributed by atoms with Gasteiger partial charge in [0.05, 0.1) is 0 Å². The number of carbonyl (C=O) groups excluding carboxylic acids is 2. The number of benzene rings is 7. The summed E-state index contributed by atoms with van der Waals surface area (Å²) in [5.41, 5.74) is 28.0. The Balaban J connectivity index is 0.000000125. The summed E-state index contributed by atoms with van der Waals surface area (Å²) in [5, 5.41) is 5.52. The number of hydrogen-bond acceptors (Lipinski definition) is 8. The molecule has 19 rings (SSSR count).